The number of hydrogen-bond acceptors (Lipinski definition) is 4. The van der Waals surface area contributed by atoms with Crippen molar-refractivity contribution in [3.8, 4) is 11.5 Å². The minimum absolute atomic E-state index is 0.0277. The third-order valence-corrected chi connectivity index (χ3v) is 6.21. The highest BCUT2D eigenvalue weighted by Gasteiger charge is 2.27. The number of ketones is 1. The van der Waals surface area contributed by atoms with E-state index in [0.717, 1.165) is 25.4 Å². The summed E-state index contributed by atoms with van der Waals surface area (Å²) in [5, 5.41) is 3.18. The van der Waals surface area contributed by atoms with Crippen molar-refractivity contribution < 1.29 is 14.3 Å². The van der Waals surface area contributed by atoms with Crippen LogP contribution < -0.4 is 10.1 Å². The molecule has 0 spiro atoms. The molecule has 1 unspecified atom stereocenters. The fraction of sp³-hybridized carbons (Fsp3) is 0.440. The van der Waals surface area contributed by atoms with E-state index in [1.54, 1.807) is 55.5 Å². The minimum Gasteiger partial charge on any atom is -0.457 e. The minimum atomic E-state index is -0.0277. The normalized spacial score (nSPS) is 19.7. The first kappa shape index (κ1) is 20.6. The molecule has 1 aliphatic heterocycles. The number of carbonyl (C=O) groups excluding carboxylic acids is 2. The molecule has 2 aromatic carbocycles. The standard InChI is InChI=1S/C25H30N2O3/c1-18(28)20-6-10-23(11-7-20)30-24-12-8-21(9-13-24)25(29)26-22-14-15-27(17-22)16-19-4-2-3-5-19/h6-13,19,22H,2-5,14-17H2,1H3,(H,26,29). The lowest BCUT2D eigenvalue weighted by Crippen LogP contribution is -2.37. The van der Waals surface area contributed by atoms with Crippen LogP contribution in [-0.4, -0.2) is 42.3 Å². The van der Waals surface area contributed by atoms with E-state index in [1.807, 2.05) is 0 Å². The Bertz CT molecular complexity index is 870. The molecule has 2 fully saturated rings. The molecule has 1 atom stereocenters. The Balaban J connectivity index is 1.27. The summed E-state index contributed by atoms with van der Waals surface area (Å²) in [5.74, 6) is 2.17. The summed E-state index contributed by atoms with van der Waals surface area (Å²) in [5.41, 5.74) is 1.30. The van der Waals surface area contributed by atoms with Gasteiger partial charge in [0.05, 0.1) is 0 Å². The van der Waals surface area contributed by atoms with Crippen molar-refractivity contribution in [1.29, 1.82) is 0 Å². The van der Waals surface area contributed by atoms with Crippen molar-refractivity contribution in [2.45, 2.75) is 45.1 Å². The maximum atomic E-state index is 12.6. The van der Waals surface area contributed by atoms with Gasteiger partial charge in [0.2, 0.25) is 0 Å². The fourth-order valence-corrected chi connectivity index (χ4v) is 4.51. The molecule has 0 radical (unpaired) electrons. The van der Waals surface area contributed by atoms with Gasteiger partial charge in [-0.3, -0.25) is 9.59 Å². The van der Waals surface area contributed by atoms with Gasteiger partial charge in [-0.15, -0.1) is 0 Å². The number of nitrogens with one attached hydrogen (secondary N) is 1. The van der Waals surface area contributed by atoms with Crippen molar-refractivity contribution in [2.24, 2.45) is 5.92 Å². The highest BCUT2D eigenvalue weighted by molar-refractivity contribution is 5.94. The van der Waals surface area contributed by atoms with E-state index in [0.29, 0.717) is 22.6 Å². The molecule has 5 nitrogen and oxygen atoms in total. The first-order chi connectivity index (χ1) is 14.6. The zero-order chi connectivity index (χ0) is 20.9. The number of nitrogens with zero attached hydrogens (tertiary/aromatic N) is 1. The molecule has 4 rings (SSSR count). The van der Waals surface area contributed by atoms with Crippen molar-refractivity contribution in [3.05, 3.63) is 59.7 Å². The maximum absolute atomic E-state index is 12.6. The summed E-state index contributed by atoms with van der Waals surface area (Å²) >= 11 is 0. The molecule has 1 heterocycles. The summed E-state index contributed by atoms with van der Waals surface area (Å²) in [7, 11) is 0. The highest BCUT2D eigenvalue weighted by atomic mass is 16.5. The molecule has 0 bridgehead atoms. The number of carbonyl (C=O) groups is 2. The molecule has 1 aliphatic carbocycles. The van der Waals surface area contributed by atoms with Crippen LogP contribution in [0.5, 0.6) is 11.5 Å². The molecule has 1 saturated carbocycles. The summed E-state index contributed by atoms with van der Waals surface area (Å²) < 4.78 is 5.81. The van der Waals surface area contributed by atoms with Crippen molar-refractivity contribution in [2.75, 3.05) is 19.6 Å². The van der Waals surface area contributed by atoms with Crippen LogP contribution in [0.2, 0.25) is 0 Å². The SMILES string of the molecule is CC(=O)c1ccc(Oc2ccc(C(=O)NC3CCN(CC4CCCC4)C3)cc2)cc1. The lowest BCUT2D eigenvalue weighted by molar-refractivity contribution is 0.0936. The van der Waals surface area contributed by atoms with Gasteiger partial charge in [-0.1, -0.05) is 12.8 Å². The summed E-state index contributed by atoms with van der Waals surface area (Å²) in [6, 6.07) is 14.5. The number of benzene rings is 2. The molecule has 1 N–H and O–H groups in total. The molecule has 0 aromatic heterocycles. The van der Waals surface area contributed by atoms with Gasteiger partial charge in [0.15, 0.2) is 5.78 Å². The predicted molar refractivity (Wildman–Crippen MR) is 117 cm³/mol. The van der Waals surface area contributed by atoms with Crippen LogP contribution in [0, 0.1) is 5.92 Å². The second-order valence-electron chi connectivity index (χ2n) is 8.58. The molecule has 158 valence electrons. The Morgan fingerprint density at radius 2 is 1.53 bits per heavy atom. The van der Waals surface area contributed by atoms with Gasteiger partial charge in [-0.2, -0.15) is 0 Å². The predicted octanol–water partition coefficient (Wildman–Crippen LogP) is 4.68. The molecular formula is C25H30N2O3. The molecule has 1 saturated heterocycles. The maximum Gasteiger partial charge on any atom is 0.251 e. The van der Waals surface area contributed by atoms with Gasteiger partial charge in [-0.25, -0.2) is 0 Å². The number of Topliss-reactive ketones (excluding diaryl/α,β-unsaturated/α-hetero) is 1. The lowest BCUT2D eigenvalue weighted by Gasteiger charge is -2.20. The number of likely N-dealkylation sites (tertiary alicyclic amines) is 1. The van der Waals surface area contributed by atoms with Gasteiger partial charge in [0.25, 0.3) is 5.91 Å². The van der Waals surface area contributed by atoms with Crippen molar-refractivity contribution in [1.82, 2.24) is 10.2 Å². The molecule has 2 aromatic rings. The van der Waals surface area contributed by atoms with Crippen molar-refractivity contribution >= 4 is 11.7 Å². The van der Waals surface area contributed by atoms with Gasteiger partial charge >= 0.3 is 0 Å². The Hall–Kier alpha value is -2.66. The Morgan fingerprint density at radius 1 is 0.933 bits per heavy atom. The van der Waals surface area contributed by atoms with Gasteiger partial charge in [0, 0.05) is 36.8 Å². The third-order valence-electron chi connectivity index (χ3n) is 6.21. The number of amides is 1. The lowest BCUT2D eigenvalue weighted by atomic mass is 10.1. The average molecular weight is 407 g/mol. The molecule has 30 heavy (non-hydrogen) atoms. The van der Waals surface area contributed by atoms with Crippen LogP contribution in [-0.2, 0) is 0 Å². The topological polar surface area (TPSA) is 58.6 Å². The van der Waals surface area contributed by atoms with E-state index in [1.165, 1.54) is 32.2 Å². The zero-order valence-corrected chi connectivity index (χ0v) is 17.6. The zero-order valence-electron chi connectivity index (χ0n) is 17.6. The first-order valence-corrected chi connectivity index (χ1v) is 11.0. The highest BCUT2D eigenvalue weighted by Crippen LogP contribution is 2.27. The Morgan fingerprint density at radius 3 is 2.13 bits per heavy atom. The summed E-state index contributed by atoms with van der Waals surface area (Å²) in [6.45, 7) is 4.76. The van der Waals surface area contributed by atoms with Gasteiger partial charge in [-0.05, 0) is 80.6 Å². The van der Waals surface area contributed by atoms with Crippen LogP contribution in [0.4, 0.5) is 0 Å². The van der Waals surface area contributed by atoms with Crippen LogP contribution >= 0.6 is 0 Å². The quantitative estimate of drug-likeness (QED) is 0.679. The van der Waals surface area contributed by atoms with Crippen LogP contribution in [0.3, 0.4) is 0 Å². The second kappa shape index (κ2) is 9.43. The fourth-order valence-electron chi connectivity index (χ4n) is 4.51. The van der Waals surface area contributed by atoms with E-state index >= 15 is 0 Å². The summed E-state index contributed by atoms with van der Waals surface area (Å²) in [4.78, 5) is 26.5. The molecular weight excluding hydrogens is 376 g/mol. The van der Waals surface area contributed by atoms with Gasteiger partial charge < -0.3 is 15.0 Å². The van der Waals surface area contributed by atoms with E-state index in [4.69, 9.17) is 4.74 Å². The summed E-state index contributed by atoms with van der Waals surface area (Å²) in [6.07, 6.45) is 6.51. The average Bonchev–Trinajstić information content (AvgIpc) is 3.41. The van der Waals surface area contributed by atoms with E-state index in [9.17, 15) is 9.59 Å². The smallest absolute Gasteiger partial charge is 0.251 e. The number of ether oxygens (including phenoxy) is 1. The molecule has 5 heteroatoms. The monoisotopic (exact) mass is 406 g/mol. The van der Waals surface area contributed by atoms with E-state index in [-0.39, 0.29) is 17.7 Å². The largest absolute Gasteiger partial charge is 0.457 e. The number of hydrogen-bond donors (Lipinski definition) is 1. The van der Waals surface area contributed by atoms with Crippen LogP contribution in [0.25, 0.3) is 0 Å². The van der Waals surface area contributed by atoms with Crippen LogP contribution in [0.1, 0.15) is 59.7 Å². The first-order valence-electron chi connectivity index (χ1n) is 11.0. The van der Waals surface area contributed by atoms with E-state index in [2.05, 4.69) is 10.2 Å². The third kappa shape index (κ3) is 5.28. The molecule has 1 amide bonds. The van der Waals surface area contributed by atoms with Crippen molar-refractivity contribution in [3.63, 3.8) is 0 Å². The Kier molecular flexibility index (Phi) is 6.48. The number of rotatable bonds is 7. The Labute approximate surface area is 178 Å². The van der Waals surface area contributed by atoms with Gasteiger partial charge in [0.1, 0.15) is 11.5 Å². The van der Waals surface area contributed by atoms with Crippen LogP contribution in [0.15, 0.2) is 48.5 Å². The van der Waals surface area contributed by atoms with E-state index < -0.39 is 0 Å². The molecule has 2 aliphatic rings. The second-order valence-corrected chi connectivity index (χ2v) is 8.58.